The molecule has 0 saturated carbocycles. The van der Waals surface area contributed by atoms with Crippen LogP contribution in [0.4, 0.5) is 0 Å². The molecule has 3 fully saturated rings. The lowest BCUT2D eigenvalue weighted by Crippen LogP contribution is -2.47. The molecule has 3 saturated heterocycles. The zero-order valence-electron chi connectivity index (χ0n) is 29.4. The second kappa shape index (κ2) is 15.7. The van der Waals surface area contributed by atoms with Gasteiger partial charge in [-0.1, -0.05) is 48.2 Å². The van der Waals surface area contributed by atoms with Gasteiger partial charge in [0.2, 0.25) is 0 Å². The Bertz CT molecular complexity index is 1880. The lowest BCUT2D eigenvalue weighted by molar-refractivity contribution is 0.00578. The summed E-state index contributed by atoms with van der Waals surface area (Å²) in [4.78, 5) is 17.3. The van der Waals surface area contributed by atoms with Crippen molar-refractivity contribution in [3.63, 3.8) is 0 Å². The van der Waals surface area contributed by atoms with Gasteiger partial charge in [0, 0.05) is 53.2 Å². The zero-order chi connectivity index (χ0) is 35.0. The third kappa shape index (κ3) is 7.90. The van der Waals surface area contributed by atoms with Gasteiger partial charge in [-0.25, -0.2) is 9.97 Å². The molecule has 0 amide bonds. The zero-order valence-corrected chi connectivity index (χ0v) is 34.7. The lowest BCUT2D eigenvalue weighted by Gasteiger charge is -2.40. The minimum absolute atomic E-state index is 0.143. The lowest BCUT2D eigenvalue weighted by atomic mass is 9.69. The topological polar surface area (TPSA) is 50.7 Å². The average molecular weight is 864 g/mol. The number of hydrogen-bond donors (Lipinski definition) is 0. The van der Waals surface area contributed by atoms with Crippen LogP contribution >= 0.6 is 68.5 Å². The summed E-state index contributed by atoms with van der Waals surface area (Å²) in [6.07, 6.45) is 18.6. The molecule has 12 heteroatoms. The Morgan fingerprint density at radius 3 is 1.94 bits per heavy atom. The minimum Gasteiger partial charge on any atom is -0.400 e. The molecule has 5 aliphatic heterocycles. The predicted molar refractivity (Wildman–Crippen MR) is 222 cm³/mol. The van der Waals surface area contributed by atoms with Gasteiger partial charge in [-0.3, -0.25) is 9.80 Å². The van der Waals surface area contributed by atoms with Gasteiger partial charge in [0.05, 0.1) is 24.1 Å². The van der Waals surface area contributed by atoms with Crippen molar-refractivity contribution in [3.8, 4) is 0 Å². The number of hydrogen-bond acceptors (Lipinski definition) is 8. The van der Waals surface area contributed by atoms with Gasteiger partial charge >= 0.3 is 7.12 Å². The van der Waals surface area contributed by atoms with E-state index in [4.69, 9.17) is 32.5 Å². The Morgan fingerprint density at radius 2 is 1.32 bits per heavy atom. The first kappa shape index (κ1) is 37.2. The highest BCUT2D eigenvalue weighted by Gasteiger charge is 2.54. The second-order valence-electron chi connectivity index (χ2n) is 14.8. The monoisotopic (exact) mass is 862 g/mol. The first-order valence-corrected chi connectivity index (χ1v) is 21.5. The molecule has 0 bridgehead atoms. The fraction of sp³-hybridized carbons (Fsp3) is 0.526. The SMILES string of the molecule is CC1(C)OB(C2=CCCN3CCCCC23)OC1(C)C.Clc1ccnc2sc(C3=CCCN4CCCCC34)cc12.Clc1ccnc2sc(I)cc12. The average Bonchev–Trinajstić information content (AvgIpc) is 3.78. The van der Waals surface area contributed by atoms with Crippen LogP contribution in [0.15, 0.2) is 54.3 Å². The van der Waals surface area contributed by atoms with Crippen molar-refractivity contribution in [1.29, 1.82) is 0 Å². The van der Waals surface area contributed by atoms with Crippen molar-refractivity contribution in [2.75, 3.05) is 26.2 Å². The normalized spacial score (nSPS) is 24.7. The molecule has 0 spiro atoms. The molecule has 6 nitrogen and oxygen atoms in total. The van der Waals surface area contributed by atoms with Crippen molar-refractivity contribution in [1.82, 2.24) is 19.8 Å². The molecule has 0 radical (unpaired) electrons. The van der Waals surface area contributed by atoms with E-state index in [1.54, 1.807) is 35.1 Å². The van der Waals surface area contributed by atoms with Gasteiger partial charge in [0.1, 0.15) is 9.66 Å². The first-order chi connectivity index (χ1) is 24.0. The molecule has 4 aromatic heterocycles. The summed E-state index contributed by atoms with van der Waals surface area (Å²) in [7, 11) is -0.143. The van der Waals surface area contributed by atoms with Gasteiger partial charge in [-0.15, -0.1) is 22.7 Å². The molecule has 0 aliphatic carbocycles. The van der Waals surface area contributed by atoms with Crippen molar-refractivity contribution in [2.45, 2.75) is 102 Å². The van der Waals surface area contributed by atoms with Crippen LogP contribution in [-0.4, -0.2) is 76.4 Å². The van der Waals surface area contributed by atoms with Gasteiger partial charge in [-0.2, -0.15) is 0 Å². The largest absolute Gasteiger partial charge is 0.491 e. The minimum atomic E-state index is -0.227. The fourth-order valence-corrected chi connectivity index (χ4v) is 11.0. The van der Waals surface area contributed by atoms with Crippen molar-refractivity contribution < 1.29 is 9.31 Å². The first-order valence-electron chi connectivity index (χ1n) is 18.0. The van der Waals surface area contributed by atoms with Crippen LogP contribution in [0, 0.1) is 2.88 Å². The number of fused-ring (bicyclic) bond motifs is 4. The smallest absolute Gasteiger partial charge is 0.400 e. The Kier molecular flexibility index (Phi) is 11.7. The van der Waals surface area contributed by atoms with Crippen LogP contribution in [0.5, 0.6) is 0 Å². The van der Waals surface area contributed by atoms with Gasteiger partial charge in [0.15, 0.2) is 0 Å². The maximum Gasteiger partial charge on any atom is 0.491 e. The maximum atomic E-state index is 6.28. The van der Waals surface area contributed by atoms with Gasteiger partial charge in [0.25, 0.3) is 0 Å². The van der Waals surface area contributed by atoms with Crippen LogP contribution in [-0.2, 0) is 9.31 Å². The fourth-order valence-electron chi connectivity index (χ4n) is 7.73. The third-order valence-electron chi connectivity index (χ3n) is 11.1. The molecule has 4 aromatic rings. The Morgan fingerprint density at radius 1 is 0.760 bits per heavy atom. The van der Waals surface area contributed by atoms with E-state index in [-0.39, 0.29) is 18.3 Å². The van der Waals surface area contributed by atoms with Crippen molar-refractivity contribution >= 4 is 102 Å². The number of pyridine rings is 2. The summed E-state index contributed by atoms with van der Waals surface area (Å²) in [5.74, 6) is 0. The molecule has 0 aromatic carbocycles. The quantitative estimate of drug-likeness (QED) is 0.148. The van der Waals surface area contributed by atoms with E-state index in [1.165, 1.54) is 89.9 Å². The Balaban J connectivity index is 0.000000123. The van der Waals surface area contributed by atoms with Gasteiger partial charge < -0.3 is 9.31 Å². The van der Waals surface area contributed by atoms with Crippen LogP contribution in [0.1, 0.15) is 83.9 Å². The summed E-state index contributed by atoms with van der Waals surface area (Å²) in [6, 6.07) is 9.14. The van der Waals surface area contributed by atoms with Gasteiger partial charge in [-0.05, 0) is 137 Å². The molecule has 2 atom stereocenters. The van der Waals surface area contributed by atoms with E-state index in [1.807, 2.05) is 12.1 Å². The molecule has 2 unspecified atom stereocenters. The van der Waals surface area contributed by atoms with Crippen molar-refractivity contribution in [2.24, 2.45) is 0 Å². The summed E-state index contributed by atoms with van der Waals surface area (Å²) < 4.78 is 13.7. The third-order valence-corrected chi connectivity index (χ3v) is 14.6. The number of aromatic nitrogens is 2. The predicted octanol–water partition coefficient (Wildman–Crippen LogP) is 10.9. The van der Waals surface area contributed by atoms with E-state index >= 15 is 0 Å². The van der Waals surface area contributed by atoms with Crippen LogP contribution in [0.3, 0.4) is 0 Å². The summed E-state index contributed by atoms with van der Waals surface area (Å²) in [6.45, 7) is 13.5. The standard InChI is InChI=1S/C16H17ClN2S.C15H26BNO2.C7H3ClINS/c17-13-6-7-18-16-12(13)10-15(20-16)11-4-3-9-19-8-2-1-5-14(11)19;1-14(2)15(3,4)19-16(18-14)12-8-7-11-17-10-6-5-9-13(12)17;8-5-1-2-10-7-4(5)3-6(9)11-7/h4,6-7,10,14H,1-3,5,8-9H2;8,13H,5-7,9-11H2,1-4H3;1-3H. The van der Waals surface area contributed by atoms with Crippen LogP contribution in [0.2, 0.25) is 10.0 Å². The van der Waals surface area contributed by atoms with Crippen LogP contribution < -0.4 is 0 Å². The summed E-state index contributed by atoms with van der Waals surface area (Å²) in [5, 5.41) is 3.76. The molecule has 0 N–H and O–H groups in total. The van der Waals surface area contributed by atoms with Crippen LogP contribution in [0.25, 0.3) is 26.0 Å². The van der Waals surface area contributed by atoms with E-state index in [0.717, 1.165) is 36.9 Å². The number of halogens is 3. The molecule has 5 aliphatic rings. The molecule has 9 rings (SSSR count). The second-order valence-corrected chi connectivity index (χ2v) is 19.6. The summed E-state index contributed by atoms with van der Waals surface area (Å²) in [5.41, 5.74) is 2.44. The number of nitrogens with zero attached hydrogens (tertiary/aromatic N) is 4. The van der Waals surface area contributed by atoms with E-state index in [2.05, 4.69) is 94.3 Å². The molecule has 50 heavy (non-hydrogen) atoms. The number of rotatable bonds is 2. The maximum absolute atomic E-state index is 6.28. The van der Waals surface area contributed by atoms with E-state index < -0.39 is 0 Å². The highest BCUT2D eigenvalue weighted by Crippen LogP contribution is 2.42. The Labute approximate surface area is 328 Å². The molecule has 266 valence electrons. The summed E-state index contributed by atoms with van der Waals surface area (Å²) >= 11 is 17.9. The highest BCUT2D eigenvalue weighted by atomic mass is 127. The highest BCUT2D eigenvalue weighted by molar-refractivity contribution is 14.1. The Hall–Kier alpha value is -1.09. The number of thiophene rings is 2. The molecular formula is C38H46BCl2IN4O2S2. The molecular weight excluding hydrogens is 817 g/mol. The van der Waals surface area contributed by atoms with E-state index in [0.29, 0.717) is 12.1 Å². The van der Waals surface area contributed by atoms with E-state index in [9.17, 15) is 0 Å². The molecule has 9 heterocycles. The number of piperidine rings is 2. The van der Waals surface area contributed by atoms with Crippen molar-refractivity contribution in [3.05, 3.63) is 72.1 Å².